The Morgan fingerprint density at radius 3 is 2.15 bits per heavy atom. The van der Waals surface area contributed by atoms with Gasteiger partial charge in [-0.3, -0.25) is 5.32 Å². The molecule has 0 aliphatic rings. The van der Waals surface area contributed by atoms with E-state index in [4.69, 9.17) is 0 Å². The summed E-state index contributed by atoms with van der Waals surface area (Å²) in [5, 5.41) is 9.15. The van der Waals surface area contributed by atoms with Crippen LogP contribution in [0.5, 0.6) is 0 Å². The molecule has 0 bridgehead atoms. The van der Waals surface area contributed by atoms with Gasteiger partial charge in [-0.2, -0.15) is 0 Å². The zero-order valence-electron chi connectivity index (χ0n) is 19.0. The number of benzene rings is 2. The molecule has 2 heterocycles. The van der Waals surface area contributed by atoms with Crippen molar-refractivity contribution in [3.8, 4) is 11.1 Å². The monoisotopic (exact) mass is 437 g/mol. The Kier molecular flexibility index (Phi) is 6.64. The molecule has 6 heteroatoms. The van der Waals surface area contributed by atoms with E-state index in [1.54, 1.807) is 12.4 Å². The van der Waals surface area contributed by atoms with Crippen LogP contribution >= 0.6 is 0 Å². The molecule has 2 aromatic carbocycles. The Morgan fingerprint density at radius 2 is 1.45 bits per heavy atom. The van der Waals surface area contributed by atoms with Gasteiger partial charge in [-0.1, -0.05) is 50.2 Å². The van der Waals surface area contributed by atoms with Crippen molar-refractivity contribution in [3.05, 3.63) is 96.3 Å². The maximum atomic E-state index is 12.7. The van der Waals surface area contributed by atoms with Crippen molar-refractivity contribution in [2.24, 2.45) is 0 Å². The van der Waals surface area contributed by atoms with E-state index in [0.717, 1.165) is 39.4 Å². The van der Waals surface area contributed by atoms with Gasteiger partial charge in [0.15, 0.2) is 0 Å². The van der Waals surface area contributed by atoms with Gasteiger partial charge in [-0.15, -0.1) is 0 Å². The first-order valence-electron chi connectivity index (χ1n) is 10.9. The topological polar surface area (TPSA) is 78.9 Å². The summed E-state index contributed by atoms with van der Waals surface area (Å²) in [6, 6.07) is 23.3. The largest absolute Gasteiger partial charge is 0.340 e. The molecule has 2 aromatic heterocycles. The van der Waals surface area contributed by atoms with Gasteiger partial charge in [0, 0.05) is 23.8 Å². The van der Waals surface area contributed by atoms with E-state index >= 15 is 0 Å². The van der Waals surface area contributed by atoms with Crippen molar-refractivity contribution in [1.82, 2.24) is 9.97 Å². The Morgan fingerprint density at radius 1 is 0.788 bits per heavy atom. The quantitative estimate of drug-likeness (QED) is 0.304. The minimum Gasteiger partial charge on any atom is -0.340 e. The normalized spacial score (nSPS) is 10.7. The summed E-state index contributed by atoms with van der Waals surface area (Å²) in [5.74, 6) is 1.51. The van der Waals surface area contributed by atoms with Crippen molar-refractivity contribution >= 4 is 29.0 Å². The number of carbonyl (C=O) groups is 1. The lowest BCUT2D eigenvalue weighted by Gasteiger charge is -2.16. The standard InChI is InChI=1S/C27H27N5O/c1-18(2)23-11-7-8-19(3)26(23)32-27(33)31-25-17-21(13-15-29-25)20-12-14-28-24(16-20)30-22-9-5-4-6-10-22/h4-18H,1-3H3,(H,28,30)(H2,29,31,32,33). The highest BCUT2D eigenvalue weighted by Crippen LogP contribution is 2.28. The lowest BCUT2D eigenvalue weighted by atomic mass is 9.98. The zero-order chi connectivity index (χ0) is 23.2. The number of hydrogen-bond donors (Lipinski definition) is 3. The van der Waals surface area contributed by atoms with Crippen molar-refractivity contribution in [2.75, 3.05) is 16.0 Å². The Labute approximate surface area is 194 Å². The number of nitrogens with zero attached hydrogens (tertiary/aromatic N) is 2. The van der Waals surface area contributed by atoms with E-state index in [2.05, 4.69) is 39.8 Å². The predicted molar refractivity (Wildman–Crippen MR) is 135 cm³/mol. The summed E-state index contributed by atoms with van der Waals surface area (Å²) >= 11 is 0. The molecule has 0 atom stereocenters. The summed E-state index contributed by atoms with van der Waals surface area (Å²) < 4.78 is 0. The van der Waals surface area contributed by atoms with Crippen LogP contribution in [-0.4, -0.2) is 16.0 Å². The highest BCUT2D eigenvalue weighted by molar-refractivity contribution is 6.00. The summed E-state index contributed by atoms with van der Waals surface area (Å²) in [6.45, 7) is 6.21. The average Bonchev–Trinajstić information content (AvgIpc) is 2.81. The van der Waals surface area contributed by atoms with Crippen molar-refractivity contribution in [2.45, 2.75) is 26.7 Å². The van der Waals surface area contributed by atoms with Gasteiger partial charge in [0.2, 0.25) is 0 Å². The highest BCUT2D eigenvalue weighted by Gasteiger charge is 2.13. The molecule has 3 N–H and O–H groups in total. The van der Waals surface area contributed by atoms with E-state index in [-0.39, 0.29) is 6.03 Å². The molecule has 0 spiro atoms. The number of para-hydroxylation sites is 2. The number of amides is 2. The summed E-state index contributed by atoms with van der Waals surface area (Å²) in [4.78, 5) is 21.4. The second kappa shape index (κ2) is 9.96. The van der Waals surface area contributed by atoms with Crippen LogP contribution in [0.1, 0.15) is 30.9 Å². The van der Waals surface area contributed by atoms with Gasteiger partial charge >= 0.3 is 6.03 Å². The first-order valence-corrected chi connectivity index (χ1v) is 10.9. The molecular weight excluding hydrogens is 410 g/mol. The number of rotatable bonds is 6. The average molecular weight is 438 g/mol. The van der Waals surface area contributed by atoms with Gasteiger partial charge in [0.05, 0.1) is 0 Å². The Hall–Kier alpha value is -4.19. The van der Waals surface area contributed by atoms with Crippen LogP contribution in [0.3, 0.4) is 0 Å². The molecule has 0 aliphatic heterocycles. The Bertz CT molecular complexity index is 1250. The molecule has 4 aromatic rings. The fourth-order valence-electron chi connectivity index (χ4n) is 3.63. The molecule has 4 rings (SSSR count). The maximum absolute atomic E-state index is 12.7. The minimum absolute atomic E-state index is 0.298. The molecule has 0 unspecified atom stereocenters. The molecule has 2 amide bonds. The molecule has 0 saturated carbocycles. The molecule has 0 radical (unpaired) electrons. The highest BCUT2D eigenvalue weighted by atomic mass is 16.2. The van der Waals surface area contributed by atoms with Crippen LogP contribution in [0, 0.1) is 6.92 Å². The first kappa shape index (κ1) is 22.0. The molecule has 0 saturated heterocycles. The van der Waals surface area contributed by atoms with E-state index in [1.165, 1.54) is 0 Å². The van der Waals surface area contributed by atoms with Crippen LogP contribution in [0.15, 0.2) is 85.2 Å². The fourth-order valence-corrected chi connectivity index (χ4v) is 3.63. The lowest BCUT2D eigenvalue weighted by Crippen LogP contribution is -2.21. The molecule has 0 aliphatic carbocycles. The SMILES string of the molecule is Cc1cccc(C(C)C)c1NC(=O)Nc1cc(-c2ccnc(Nc3ccccc3)c2)ccn1. The van der Waals surface area contributed by atoms with E-state index in [9.17, 15) is 4.79 Å². The summed E-state index contributed by atoms with van der Waals surface area (Å²) in [7, 11) is 0. The maximum Gasteiger partial charge on any atom is 0.324 e. The number of anilines is 4. The minimum atomic E-state index is -0.322. The second-order valence-corrected chi connectivity index (χ2v) is 8.12. The van der Waals surface area contributed by atoms with Gasteiger partial charge in [0.1, 0.15) is 11.6 Å². The third-order valence-corrected chi connectivity index (χ3v) is 5.31. The lowest BCUT2D eigenvalue weighted by molar-refractivity contribution is 0.262. The second-order valence-electron chi connectivity index (χ2n) is 8.12. The van der Waals surface area contributed by atoms with E-state index in [0.29, 0.717) is 11.7 Å². The number of aromatic nitrogens is 2. The van der Waals surface area contributed by atoms with Crippen molar-refractivity contribution in [1.29, 1.82) is 0 Å². The van der Waals surface area contributed by atoms with Crippen LogP contribution in [-0.2, 0) is 0 Å². The van der Waals surface area contributed by atoms with Crippen LogP contribution in [0.4, 0.5) is 27.8 Å². The van der Waals surface area contributed by atoms with Gasteiger partial charge in [-0.05, 0) is 71.5 Å². The van der Waals surface area contributed by atoms with Crippen LogP contribution in [0.2, 0.25) is 0 Å². The number of aryl methyl sites for hydroxylation is 1. The van der Waals surface area contributed by atoms with Gasteiger partial charge in [-0.25, -0.2) is 14.8 Å². The Balaban J connectivity index is 1.50. The number of nitrogens with one attached hydrogen (secondary N) is 3. The van der Waals surface area contributed by atoms with Crippen molar-refractivity contribution in [3.63, 3.8) is 0 Å². The third kappa shape index (κ3) is 5.54. The van der Waals surface area contributed by atoms with Gasteiger partial charge in [0.25, 0.3) is 0 Å². The number of pyridine rings is 2. The van der Waals surface area contributed by atoms with Crippen LogP contribution in [0.25, 0.3) is 11.1 Å². The number of hydrogen-bond acceptors (Lipinski definition) is 4. The smallest absolute Gasteiger partial charge is 0.324 e. The molecule has 166 valence electrons. The van der Waals surface area contributed by atoms with Gasteiger partial charge < -0.3 is 10.6 Å². The fraction of sp³-hybridized carbons (Fsp3) is 0.148. The number of carbonyl (C=O) groups excluding carboxylic acids is 1. The first-order chi connectivity index (χ1) is 16.0. The van der Waals surface area contributed by atoms with E-state index < -0.39 is 0 Å². The van der Waals surface area contributed by atoms with Crippen molar-refractivity contribution < 1.29 is 4.79 Å². The molecule has 6 nitrogen and oxygen atoms in total. The van der Waals surface area contributed by atoms with E-state index in [1.807, 2.05) is 79.7 Å². The molecule has 33 heavy (non-hydrogen) atoms. The number of urea groups is 1. The summed E-state index contributed by atoms with van der Waals surface area (Å²) in [5.41, 5.74) is 5.82. The molecule has 0 fully saturated rings. The summed E-state index contributed by atoms with van der Waals surface area (Å²) in [6.07, 6.45) is 3.44. The molecular formula is C27H27N5O. The third-order valence-electron chi connectivity index (χ3n) is 5.31. The van der Waals surface area contributed by atoms with Crippen LogP contribution < -0.4 is 16.0 Å². The zero-order valence-corrected chi connectivity index (χ0v) is 19.0. The predicted octanol–water partition coefficient (Wildman–Crippen LogP) is 6.96.